The fourth-order valence-corrected chi connectivity index (χ4v) is 2.29. The molecule has 0 aliphatic heterocycles. The van der Waals surface area contributed by atoms with Gasteiger partial charge in [0.25, 0.3) is 0 Å². The number of rotatable bonds is 7. The average Bonchev–Trinajstić information content (AvgIpc) is 2.92. The number of benzene rings is 1. The molecule has 1 heterocycles. The first kappa shape index (κ1) is 17.7. The molecule has 0 radical (unpaired) electrons. The van der Waals surface area contributed by atoms with Crippen LogP contribution in [0.25, 0.3) is 0 Å². The van der Waals surface area contributed by atoms with Gasteiger partial charge < -0.3 is 4.90 Å². The topological polar surface area (TPSA) is 34.0 Å². The quantitative estimate of drug-likeness (QED) is 0.560. The molecule has 1 aromatic heterocycles. The second-order valence-corrected chi connectivity index (χ2v) is 5.65. The summed E-state index contributed by atoms with van der Waals surface area (Å²) in [5, 5.41) is 8.54. The number of aromatic nitrogens is 3. The predicted octanol–water partition coefficient (Wildman–Crippen LogP) is 4.34. The largest absolute Gasteiger partial charge is 0.314 e. The molecule has 0 aliphatic rings. The zero-order valence-electron chi connectivity index (χ0n) is 14.4. The molecule has 0 spiro atoms. The van der Waals surface area contributed by atoms with Crippen molar-refractivity contribution in [2.75, 3.05) is 11.9 Å². The Hall–Kier alpha value is -2.69. The van der Waals surface area contributed by atoms with Gasteiger partial charge >= 0.3 is 0 Å². The third-order valence-electron chi connectivity index (χ3n) is 3.71. The van der Waals surface area contributed by atoms with E-state index in [1.54, 1.807) is 12.1 Å². The predicted molar refractivity (Wildman–Crippen MR) is 96.9 cm³/mol. The van der Waals surface area contributed by atoms with E-state index in [2.05, 4.69) is 35.9 Å². The standard InChI is InChI=1S/C19H23FN4/c1-5-6-7-8-9-15(2)14-18-21-22-19(24(18)4)23(3)17-12-10-16(20)11-13-17/h5,7-13H,1,6,14H2,2-4H3/b8-7-,15-9+. The minimum atomic E-state index is -0.254. The number of halogens is 1. The van der Waals surface area contributed by atoms with E-state index in [0.717, 1.165) is 24.4 Å². The first-order valence-electron chi connectivity index (χ1n) is 7.83. The maximum atomic E-state index is 13.1. The lowest BCUT2D eigenvalue weighted by atomic mass is 10.2. The first-order valence-corrected chi connectivity index (χ1v) is 7.83. The van der Waals surface area contributed by atoms with E-state index in [0.29, 0.717) is 5.95 Å². The van der Waals surface area contributed by atoms with Crippen LogP contribution in [0.1, 0.15) is 19.2 Å². The van der Waals surface area contributed by atoms with Gasteiger partial charge in [0.1, 0.15) is 11.6 Å². The van der Waals surface area contributed by atoms with Crippen molar-refractivity contribution in [1.29, 1.82) is 0 Å². The third kappa shape index (κ3) is 4.41. The van der Waals surface area contributed by atoms with Crippen molar-refractivity contribution < 1.29 is 4.39 Å². The zero-order chi connectivity index (χ0) is 17.5. The molecule has 0 saturated heterocycles. The van der Waals surface area contributed by atoms with Crippen LogP contribution in [0.2, 0.25) is 0 Å². The van der Waals surface area contributed by atoms with Crippen LogP contribution in [0.3, 0.4) is 0 Å². The van der Waals surface area contributed by atoms with Gasteiger partial charge in [-0.15, -0.1) is 16.8 Å². The van der Waals surface area contributed by atoms with Crippen molar-refractivity contribution in [3.63, 3.8) is 0 Å². The number of anilines is 2. The van der Waals surface area contributed by atoms with Crippen LogP contribution in [0.4, 0.5) is 16.0 Å². The Labute approximate surface area is 142 Å². The summed E-state index contributed by atoms with van der Waals surface area (Å²) in [6.07, 6.45) is 9.60. The summed E-state index contributed by atoms with van der Waals surface area (Å²) in [7, 11) is 3.83. The second kappa shape index (κ2) is 8.24. The normalized spacial score (nSPS) is 11.9. The maximum absolute atomic E-state index is 13.1. The van der Waals surface area contributed by atoms with Crippen molar-refractivity contribution in [3.8, 4) is 0 Å². The number of allylic oxidation sites excluding steroid dienone is 5. The second-order valence-electron chi connectivity index (χ2n) is 5.65. The van der Waals surface area contributed by atoms with Crippen molar-refractivity contribution in [3.05, 3.63) is 72.4 Å². The zero-order valence-corrected chi connectivity index (χ0v) is 14.4. The van der Waals surface area contributed by atoms with Gasteiger partial charge in [-0.05, 0) is 37.6 Å². The van der Waals surface area contributed by atoms with Crippen LogP contribution in [0.15, 0.2) is 60.7 Å². The average molecular weight is 326 g/mol. The molecule has 0 fully saturated rings. The molecule has 2 aromatic rings. The van der Waals surface area contributed by atoms with Gasteiger partial charge in [-0.1, -0.05) is 29.9 Å². The lowest BCUT2D eigenvalue weighted by Gasteiger charge is -2.18. The number of nitrogens with zero attached hydrogens (tertiary/aromatic N) is 4. The Morgan fingerprint density at radius 1 is 1.29 bits per heavy atom. The molecule has 0 saturated carbocycles. The molecule has 0 amide bonds. The Morgan fingerprint density at radius 3 is 2.67 bits per heavy atom. The van der Waals surface area contributed by atoms with Crippen LogP contribution in [-0.2, 0) is 13.5 Å². The lowest BCUT2D eigenvalue weighted by molar-refractivity contribution is 0.628. The van der Waals surface area contributed by atoms with E-state index >= 15 is 0 Å². The fraction of sp³-hybridized carbons (Fsp3) is 0.263. The van der Waals surface area contributed by atoms with Gasteiger partial charge in [-0.2, -0.15) is 0 Å². The molecule has 5 heteroatoms. The van der Waals surface area contributed by atoms with Crippen molar-refractivity contribution >= 4 is 11.6 Å². The van der Waals surface area contributed by atoms with Crippen LogP contribution in [0, 0.1) is 5.82 Å². The summed E-state index contributed by atoms with van der Waals surface area (Å²) < 4.78 is 15.0. The number of hydrogen-bond donors (Lipinski definition) is 0. The molecule has 0 aliphatic carbocycles. The SMILES string of the molecule is C=CC/C=C\C=C(/C)Cc1nnc(N(C)c2ccc(F)cc2)n1C. The van der Waals surface area contributed by atoms with Gasteiger partial charge in [-0.25, -0.2) is 4.39 Å². The molecular formula is C19H23FN4. The van der Waals surface area contributed by atoms with E-state index in [-0.39, 0.29) is 5.82 Å². The van der Waals surface area contributed by atoms with Crippen LogP contribution in [-0.4, -0.2) is 21.8 Å². The Morgan fingerprint density at radius 2 is 2.00 bits per heavy atom. The minimum Gasteiger partial charge on any atom is -0.314 e. The lowest BCUT2D eigenvalue weighted by Crippen LogP contribution is -2.15. The Kier molecular flexibility index (Phi) is 6.07. The molecule has 0 bridgehead atoms. The summed E-state index contributed by atoms with van der Waals surface area (Å²) in [5.74, 6) is 1.34. The highest BCUT2D eigenvalue weighted by molar-refractivity contribution is 5.56. The smallest absolute Gasteiger partial charge is 0.231 e. The molecule has 126 valence electrons. The van der Waals surface area contributed by atoms with Crippen molar-refractivity contribution in [2.24, 2.45) is 7.05 Å². The van der Waals surface area contributed by atoms with Gasteiger partial charge in [0.2, 0.25) is 5.95 Å². The third-order valence-corrected chi connectivity index (χ3v) is 3.71. The minimum absolute atomic E-state index is 0.254. The molecule has 2 rings (SSSR count). The van der Waals surface area contributed by atoms with Crippen molar-refractivity contribution in [1.82, 2.24) is 14.8 Å². The summed E-state index contributed by atoms with van der Waals surface area (Å²) in [6.45, 7) is 5.75. The molecule has 4 nitrogen and oxygen atoms in total. The van der Waals surface area contributed by atoms with E-state index in [1.807, 2.05) is 35.7 Å². The van der Waals surface area contributed by atoms with E-state index in [1.165, 1.54) is 17.7 Å². The maximum Gasteiger partial charge on any atom is 0.231 e. The summed E-state index contributed by atoms with van der Waals surface area (Å²) in [5.41, 5.74) is 2.06. The molecular weight excluding hydrogens is 303 g/mol. The summed E-state index contributed by atoms with van der Waals surface area (Å²) in [4.78, 5) is 1.89. The Bertz CT molecular complexity index is 741. The van der Waals surface area contributed by atoms with Crippen molar-refractivity contribution in [2.45, 2.75) is 19.8 Å². The molecule has 0 unspecified atom stereocenters. The van der Waals surface area contributed by atoms with Crippen LogP contribution in [0.5, 0.6) is 0 Å². The number of hydrogen-bond acceptors (Lipinski definition) is 3. The molecule has 1 aromatic carbocycles. The highest BCUT2D eigenvalue weighted by atomic mass is 19.1. The van der Waals surface area contributed by atoms with Gasteiger partial charge in [0.05, 0.1) is 0 Å². The van der Waals surface area contributed by atoms with E-state index in [4.69, 9.17) is 0 Å². The van der Waals surface area contributed by atoms with Crippen LogP contribution >= 0.6 is 0 Å². The summed E-state index contributed by atoms with van der Waals surface area (Å²) >= 11 is 0. The van der Waals surface area contributed by atoms with Crippen LogP contribution < -0.4 is 4.90 Å². The summed E-state index contributed by atoms with van der Waals surface area (Å²) in [6, 6.07) is 6.32. The highest BCUT2D eigenvalue weighted by Crippen LogP contribution is 2.22. The van der Waals surface area contributed by atoms with Gasteiger partial charge in [0, 0.05) is 26.2 Å². The molecule has 24 heavy (non-hydrogen) atoms. The van der Waals surface area contributed by atoms with E-state index in [9.17, 15) is 4.39 Å². The molecule has 0 N–H and O–H groups in total. The Balaban J connectivity index is 2.13. The fourth-order valence-electron chi connectivity index (χ4n) is 2.29. The van der Waals surface area contributed by atoms with Gasteiger partial charge in [0.15, 0.2) is 0 Å². The highest BCUT2D eigenvalue weighted by Gasteiger charge is 2.14. The van der Waals surface area contributed by atoms with Gasteiger partial charge in [-0.3, -0.25) is 4.57 Å². The van der Waals surface area contributed by atoms with E-state index < -0.39 is 0 Å². The monoisotopic (exact) mass is 326 g/mol. The molecule has 0 atom stereocenters. The first-order chi connectivity index (χ1) is 11.5.